The maximum Gasteiger partial charge on any atom is 0.420 e. The summed E-state index contributed by atoms with van der Waals surface area (Å²) < 4.78 is 45.0. The zero-order valence-corrected chi connectivity index (χ0v) is 14.4. The normalized spacial score (nSPS) is 22.5. The number of amides is 1. The van der Waals surface area contributed by atoms with E-state index in [0.717, 1.165) is 19.0 Å². The van der Waals surface area contributed by atoms with Gasteiger partial charge in [-0.3, -0.25) is 4.79 Å². The van der Waals surface area contributed by atoms with Crippen LogP contribution in [0.5, 0.6) is 5.75 Å². The fraction of sp³-hybridized carbons (Fsp3) is 0.529. The van der Waals surface area contributed by atoms with Gasteiger partial charge in [-0.15, -0.1) is 0 Å². The van der Waals surface area contributed by atoms with Gasteiger partial charge in [-0.2, -0.15) is 13.2 Å². The topological polar surface area (TPSA) is 72.0 Å². The number of hydrogen-bond acceptors (Lipinski definition) is 5. The number of rotatable bonds is 4. The Labute approximate surface area is 148 Å². The van der Waals surface area contributed by atoms with Crippen LogP contribution in [0, 0.1) is 0 Å². The number of hydrogen-bond donors (Lipinski definition) is 2. The zero-order chi connectivity index (χ0) is 18.9. The molecule has 1 atom stereocenters. The van der Waals surface area contributed by atoms with E-state index in [2.05, 4.69) is 15.8 Å². The van der Waals surface area contributed by atoms with Crippen molar-refractivity contribution in [3.63, 3.8) is 0 Å². The van der Waals surface area contributed by atoms with Crippen LogP contribution in [-0.4, -0.2) is 36.4 Å². The number of anilines is 1. The van der Waals surface area contributed by atoms with Crippen molar-refractivity contribution in [2.75, 3.05) is 18.4 Å². The van der Waals surface area contributed by atoms with Crippen LogP contribution < -0.4 is 15.4 Å². The van der Waals surface area contributed by atoms with Crippen LogP contribution in [-0.2, 0) is 15.8 Å². The molecule has 1 aromatic carbocycles. The number of nitrogens with zero attached hydrogens (tertiary/aromatic N) is 1. The summed E-state index contributed by atoms with van der Waals surface area (Å²) in [6, 6.07) is 3.43. The second kappa shape index (κ2) is 6.79. The molecule has 0 bridgehead atoms. The van der Waals surface area contributed by atoms with Gasteiger partial charge in [0, 0.05) is 25.1 Å². The van der Waals surface area contributed by atoms with Crippen molar-refractivity contribution in [3.8, 4) is 5.75 Å². The Morgan fingerprint density at radius 3 is 2.81 bits per heavy atom. The molecule has 0 radical (unpaired) electrons. The van der Waals surface area contributed by atoms with Crippen molar-refractivity contribution >= 4 is 17.3 Å². The molecule has 2 aliphatic rings. The molecule has 1 fully saturated rings. The molecule has 3 rings (SSSR count). The van der Waals surface area contributed by atoms with Crippen LogP contribution in [0.3, 0.4) is 0 Å². The third-order valence-corrected chi connectivity index (χ3v) is 4.21. The van der Waals surface area contributed by atoms with Crippen LogP contribution in [0.4, 0.5) is 18.9 Å². The maximum atomic E-state index is 13.3. The SMILES string of the molecule is CC(C)Oc1ccc(NC(=O)C2=NOC3(CCNC3)C2)cc1C(F)(F)F. The fourth-order valence-electron chi connectivity index (χ4n) is 2.98. The van der Waals surface area contributed by atoms with Gasteiger partial charge < -0.3 is 20.2 Å². The van der Waals surface area contributed by atoms with Crippen molar-refractivity contribution in [1.82, 2.24) is 5.32 Å². The molecule has 1 aromatic rings. The van der Waals surface area contributed by atoms with Gasteiger partial charge in [0.1, 0.15) is 11.5 Å². The van der Waals surface area contributed by atoms with Gasteiger partial charge in [-0.25, -0.2) is 0 Å². The minimum absolute atomic E-state index is 0.0200. The van der Waals surface area contributed by atoms with Crippen LogP contribution in [0.2, 0.25) is 0 Å². The molecule has 1 amide bonds. The molecule has 1 saturated heterocycles. The quantitative estimate of drug-likeness (QED) is 0.854. The summed E-state index contributed by atoms with van der Waals surface area (Å²) in [7, 11) is 0. The number of benzene rings is 1. The minimum atomic E-state index is -4.60. The maximum absolute atomic E-state index is 13.3. The molecule has 0 aliphatic carbocycles. The molecule has 2 aliphatic heterocycles. The van der Waals surface area contributed by atoms with Crippen molar-refractivity contribution < 1.29 is 27.5 Å². The monoisotopic (exact) mass is 371 g/mol. The van der Waals surface area contributed by atoms with Gasteiger partial charge in [-0.05, 0) is 38.6 Å². The highest BCUT2D eigenvalue weighted by molar-refractivity contribution is 6.43. The average Bonchev–Trinajstić information content (AvgIpc) is 3.18. The standard InChI is InChI=1S/C17H20F3N3O3/c1-10(2)25-14-4-3-11(7-12(14)17(18,19)20)22-15(24)13-8-16(26-23-13)5-6-21-9-16/h3-4,7,10,21H,5-6,8-9H2,1-2H3,(H,22,24). The lowest BCUT2D eigenvalue weighted by Gasteiger charge is -2.18. The lowest BCUT2D eigenvalue weighted by molar-refractivity contribution is -0.139. The largest absolute Gasteiger partial charge is 0.490 e. The first kappa shape index (κ1) is 18.5. The van der Waals surface area contributed by atoms with E-state index in [1.165, 1.54) is 12.1 Å². The molecule has 1 spiro atoms. The van der Waals surface area contributed by atoms with Gasteiger partial charge in [-0.1, -0.05) is 5.16 Å². The zero-order valence-electron chi connectivity index (χ0n) is 14.4. The Morgan fingerprint density at radius 1 is 1.42 bits per heavy atom. The van der Waals surface area contributed by atoms with E-state index in [9.17, 15) is 18.0 Å². The molecular formula is C17H20F3N3O3. The first-order chi connectivity index (χ1) is 12.2. The highest BCUT2D eigenvalue weighted by Gasteiger charge is 2.43. The summed E-state index contributed by atoms with van der Waals surface area (Å²) in [6.45, 7) is 4.65. The van der Waals surface area contributed by atoms with Crippen molar-refractivity contribution in [2.45, 2.75) is 44.6 Å². The van der Waals surface area contributed by atoms with E-state index in [0.29, 0.717) is 13.0 Å². The number of halogens is 3. The Morgan fingerprint density at radius 2 is 2.19 bits per heavy atom. The second-order valence-electron chi connectivity index (χ2n) is 6.75. The van der Waals surface area contributed by atoms with Crippen LogP contribution >= 0.6 is 0 Å². The summed E-state index contributed by atoms with van der Waals surface area (Å²) in [5.74, 6) is -0.845. The molecule has 6 nitrogen and oxygen atoms in total. The molecule has 26 heavy (non-hydrogen) atoms. The Bertz CT molecular complexity index is 726. The lowest BCUT2D eigenvalue weighted by atomic mass is 9.96. The number of ether oxygens (including phenoxy) is 1. The third-order valence-electron chi connectivity index (χ3n) is 4.21. The molecule has 2 N–H and O–H groups in total. The van der Waals surface area contributed by atoms with Crippen molar-refractivity contribution in [1.29, 1.82) is 0 Å². The third kappa shape index (κ3) is 3.92. The van der Waals surface area contributed by atoms with E-state index >= 15 is 0 Å². The fourth-order valence-corrected chi connectivity index (χ4v) is 2.98. The highest BCUT2D eigenvalue weighted by Crippen LogP contribution is 2.38. The van der Waals surface area contributed by atoms with Gasteiger partial charge in [0.25, 0.3) is 5.91 Å². The Hall–Kier alpha value is -2.29. The molecule has 0 saturated carbocycles. The summed E-state index contributed by atoms with van der Waals surface area (Å²) >= 11 is 0. The molecule has 9 heteroatoms. The Kier molecular flexibility index (Phi) is 4.83. The van der Waals surface area contributed by atoms with Gasteiger partial charge in [0.05, 0.1) is 11.7 Å². The van der Waals surface area contributed by atoms with Crippen molar-refractivity contribution in [2.24, 2.45) is 5.16 Å². The van der Waals surface area contributed by atoms with E-state index in [1.807, 2.05) is 0 Å². The summed E-state index contributed by atoms with van der Waals surface area (Å²) in [4.78, 5) is 17.7. The predicted molar refractivity (Wildman–Crippen MR) is 89.2 cm³/mol. The van der Waals surface area contributed by atoms with Gasteiger partial charge in [0.15, 0.2) is 5.60 Å². The summed E-state index contributed by atoms with van der Waals surface area (Å²) in [5, 5.41) is 9.41. The second-order valence-corrected chi connectivity index (χ2v) is 6.75. The minimum Gasteiger partial charge on any atom is -0.490 e. The average molecular weight is 371 g/mol. The van der Waals surface area contributed by atoms with Crippen LogP contribution in [0.15, 0.2) is 23.4 Å². The first-order valence-corrected chi connectivity index (χ1v) is 8.34. The predicted octanol–water partition coefficient (Wildman–Crippen LogP) is 2.94. The summed E-state index contributed by atoms with van der Waals surface area (Å²) in [5.41, 5.74) is -1.26. The first-order valence-electron chi connectivity index (χ1n) is 8.34. The van der Waals surface area contributed by atoms with Gasteiger partial charge >= 0.3 is 6.18 Å². The molecular weight excluding hydrogens is 351 g/mol. The molecule has 2 heterocycles. The van der Waals surface area contributed by atoms with E-state index in [-0.39, 0.29) is 17.1 Å². The van der Waals surface area contributed by atoms with Crippen LogP contribution in [0.25, 0.3) is 0 Å². The number of alkyl halides is 3. The number of oxime groups is 1. The molecule has 0 aromatic heterocycles. The molecule has 1 unspecified atom stereocenters. The number of nitrogens with one attached hydrogen (secondary N) is 2. The van der Waals surface area contributed by atoms with Crippen molar-refractivity contribution in [3.05, 3.63) is 23.8 Å². The summed E-state index contributed by atoms with van der Waals surface area (Å²) in [6.07, 6.45) is -3.95. The van der Waals surface area contributed by atoms with E-state index in [1.54, 1.807) is 13.8 Å². The van der Waals surface area contributed by atoms with E-state index < -0.39 is 29.4 Å². The number of carbonyl (C=O) groups is 1. The highest BCUT2D eigenvalue weighted by atomic mass is 19.4. The van der Waals surface area contributed by atoms with Crippen LogP contribution in [0.1, 0.15) is 32.3 Å². The van der Waals surface area contributed by atoms with Gasteiger partial charge in [0.2, 0.25) is 0 Å². The van der Waals surface area contributed by atoms with E-state index in [4.69, 9.17) is 9.57 Å². The smallest absolute Gasteiger partial charge is 0.420 e. The lowest BCUT2D eigenvalue weighted by Crippen LogP contribution is -2.33. The Balaban J connectivity index is 1.74. The molecule has 142 valence electrons. The number of carbonyl (C=O) groups excluding carboxylic acids is 1.